The van der Waals surface area contributed by atoms with Crippen molar-refractivity contribution >= 4 is 21.4 Å². The zero-order valence-corrected chi connectivity index (χ0v) is 13.0. The second-order valence-electron chi connectivity index (χ2n) is 4.38. The van der Waals surface area contributed by atoms with Crippen LogP contribution in [0.5, 0.6) is 0 Å². The molecule has 2 heterocycles. The quantitative estimate of drug-likeness (QED) is 0.790. The number of thiophene rings is 1. The Bertz CT molecular complexity index is 689. The molecule has 9 heteroatoms. The third-order valence-electron chi connectivity index (χ3n) is 2.89. The van der Waals surface area contributed by atoms with E-state index in [0.717, 1.165) is 11.4 Å². The van der Waals surface area contributed by atoms with Crippen molar-refractivity contribution in [2.45, 2.75) is 24.8 Å². The van der Waals surface area contributed by atoms with Crippen LogP contribution in [-0.4, -0.2) is 29.7 Å². The topological polar surface area (TPSA) is 103 Å². The van der Waals surface area contributed by atoms with Gasteiger partial charge in [0, 0.05) is 31.4 Å². The average Bonchev–Trinajstić information content (AvgIpc) is 2.96. The molecule has 0 aliphatic rings. The van der Waals surface area contributed by atoms with Crippen LogP contribution in [0.4, 0.5) is 0 Å². The Morgan fingerprint density at radius 1 is 1.50 bits per heavy atom. The first-order valence-electron chi connectivity index (χ1n) is 6.05. The van der Waals surface area contributed by atoms with Gasteiger partial charge >= 0.3 is 0 Å². The van der Waals surface area contributed by atoms with E-state index in [-0.39, 0.29) is 13.1 Å². The van der Waals surface area contributed by atoms with Crippen LogP contribution in [0.3, 0.4) is 0 Å². The lowest BCUT2D eigenvalue weighted by Crippen LogP contribution is -2.27. The number of nitrogens with zero attached hydrogens (tertiary/aromatic N) is 3. The van der Waals surface area contributed by atoms with Gasteiger partial charge in [0.1, 0.15) is 17.0 Å². The van der Waals surface area contributed by atoms with Gasteiger partial charge in [0.25, 0.3) is 0 Å². The van der Waals surface area contributed by atoms with E-state index >= 15 is 0 Å². The molecule has 0 atom stereocenters. The van der Waals surface area contributed by atoms with Gasteiger partial charge in [-0.3, -0.25) is 0 Å². The largest absolute Gasteiger partial charge is 0.326 e. The summed E-state index contributed by atoms with van der Waals surface area (Å²) in [6.45, 7) is 2.26. The molecule has 0 aromatic carbocycles. The van der Waals surface area contributed by atoms with Crippen LogP contribution in [0.15, 0.2) is 16.6 Å². The predicted octanol–water partition coefficient (Wildman–Crippen LogP) is 0.165. The third-order valence-corrected chi connectivity index (χ3v) is 5.84. The maximum Gasteiger partial charge on any atom is 0.241 e. The summed E-state index contributed by atoms with van der Waals surface area (Å²) in [4.78, 5) is 0.983. The molecule has 2 rings (SSSR count). The molecule has 0 aliphatic heterocycles. The first-order chi connectivity index (χ1) is 9.45. The fourth-order valence-corrected chi connectivity index (χ4v) is 4.62. The lowest BCUT2D eigenvalue weighted by molar-refractivity contribution is 0.578. The zero-order chi connectivity index (χ0) is 14.8. The van der Waals surface area contributed by atoms with Gasteiger partial charge in [-0.25, -0.2) is 13.1 Å². The highest BCUT2D eigenvalue weighted by Crippen LogP contribution is 2.26. The summed E-state index contributed by atoms with van der Waals surface area (Å²) < 4.78 is 29.0. The van der Waals surface area contributed by atoms with E-state index in [1.165, 1.54) is 11.3 Å². The van der Waals surface area contributed by atoms with Gasteiger partial charge in [0.2, 0.25) is 10.0 Å². The summed E-state index contributed by atoms with van der Waals surface area (Å²) in [6.07, 6.45) is 2.07. The smallest absolute Gasteiger partial charge is 0.241 e. The van der Waals surface area contributed by atoms with Crippen molar-refractivity contribution in [1.29, 1.82) is 0 Å². The van der Waals surface area contributed by atoms with Crippen molar-refractivity contribution in [3.05, 3.63) is 28.0 Å². The van der Waals surface area contributed by atoms with Crippen LogP contribution in [0.25, 0.3) is 0 Å². The standard InChI is InChI=1S/C11H17N5O2S2/c1-8-6-19-9(5-12)11(8)20(17,18)14-4-3-10-15-13-7-16(10)2/h6-7,14H,3-5,12H2,1-2H3. The minimum atomic E-state index is -3.53. The van der Waals surface area contributed by atoms with E-state index in [9.17, 15) is 8.42 Å². The predicted molar refractivity (Wildman–Crippen MR) is 76.8 cm³/mol. The highest BCUT2D eigenvalue weighted by molar-refractivity contribution is 7.89. The number of nitrogens with one attached hydrogen (secondary N) is 1. The van der Waals surface area contributed by atoms with Gasteiger partial charge in [-0.2, -0.15) is 0 Å². The van der Waals surface area contributed by atoms with Crippen LogP contribution in [0.2, 0.25) is 0 Å². The summed E-state index contributed by atoms with van der Waals surface area (Å²) in [5, 5.41) is 9.46. The maximum absolute atomic E-state index is 12.3. The molecule has 0 fully saturated rings. The fourth-order valence-electron chi connectivity index (χ4n) is 1.89. The number of aromatic nitrogens is 3. The van der Waals surface area contributed by atoms with Gasteiger partial charge in [0.15, 0.2) is 0 Å². The lowest BCUT2D eigenvalue weighted by Gasteiger charge is -2.08. The van der Waals surface area contributed by atoms with Crippen LogP contribution < -0.4 is 10.5 Å². The first kappa shape index (κ1) is 15.1. The molecule has 0 bridgehead atoms. The number of hydrogen-bond donors (Lipinski definition) is 2. The second kappa shape index (κ2) is 6.00. The number of aryl methyl sites for hydroxylation is 2. The third kappa shape index (κ3) is 3.06. The molecule has 0 aliphatic carbocycles. The van der Waals surface area contributed by atoms with E-state index < -0.39 is 10.0 Å². The molecule has 2 aromatic heterocycles. The SMILES string of the molecule is Cc1csc(CN)c1S(=O)(=O)NCCc1nncn1C. The Kier molecular flexibility index (Phi) is 4.53. The van der Waals surface area contributed by atoms with E-state index in [4.69, 9.17) is 5.73 Å². The molecule has 0 amide bonds. The van der Waals surface area contributed by atoms with E-state index in [0.29, 0.717) is 16.2 Å². The minimum absolute atomic E-state index is 0.220. The van der Waals surface area contributed by atoms with Gasteiger partial charge in [-0.1, -0.05) is 0 Å². The molecule has 0 saturated carbocycles. The fraction of sp³-hybridized carbons (Fsp3) is 0.455. The normalized spacial score (nSPS) is 11.9. The van der Waals surface area contributed by atoms with Gasteiger partial charge in [0.05, 0.1) is 0 Å². The molecule has 0 unspecified atom stereocenters. The van der Waals surface area contributed by atoms with Crippen molar-refractivity contribution in [1.82, 2.24) is 19.5 Å². The zero-order valence-electron chi connectivity index (χ0n) is 11.3. The molecule has 3 N–H and O–H groups in total. The Balaban J connectivity index is 2.08. The maximum atomic E-state index is 12.3. The Hall–Kier alpha value is -1.29. The number of hydrogen-bond acceptors (Lipinski definition) is 6. The van der Waals surface area contributed by atoms with Gasteiger partial charge in [-0.05, 0) is 17.9 Å². The van der Waals surface area contributed by atoms with E-state index in [1.807, 2.05) is 7.05 Å². The summed E-state index contributed by atoms with van der Waals surface area (Å²) in [6, 6.07) is 0. The first-order valence-corrected chi connectivity index (χ1v) is 8.41. The summed E-state index contributed by atoms with van der Waals surface area (Å²) in [5.74, 6) is 0.730. The molecule has 110 valence electrons. The molecular formula is C11H17N5O2S2. The summed E-state index contributed by atoms with van der Waals surface area (Å²) >= 11 is 1.37. The molecule has 0 radical (unpaired) electrons. The van der Waals surface area contributed by atoms with Crippen LogP contribution in [-0.2, 0) is 30.0 Å². The molecule has 20 heavy (non-hydrogen) atoms. The average molecular weight is 315 g/mol. The Morgan fingerprint density at radius 3 is 2.85 bits per heavy atom. The second-order valence-corrected chi connectivity index (χ2v) is 7.05. The lowest BCUT2D eigenvalue weighted by atomic mass is 10.3. The Labute approximate surface area is 121 Å². The molecule has 7 nitrogen and oxygen atoms in total. The van der Waals surface area contributed by atoms with Crippen molar-refractivity contribution in [2.24, 2.45) is 12.8 Å². The van der Waals surface area contributed by atoms with Crippen LogP contribution in [0.1, 0.15) is 16.3 Å². The highest BCUT2D eigenvalue weighted by atomic mass is 32.2. The van der Waals surface area contributed by atoms with Crippen molar-refractivity contribution < 1.29 is 8.42 Å². The number of sulfonamides is 1. The number of rotatable bonds is 6. The Morgan fingerprint density at radius 2 is 2.25 bits per heavy atom. The minimum Gasteiger partial charge on any atom is -0.326 e. The number of nitrogens with two attached hydrogens (primary N) is 1. The molecule has 0 spiro atoms. The summed E-state index contributed by atoms with van der Waals surface area (Å²) in [5.41, 5.74) is 6.31. The van der Waals surface area contributed by atoms with E-state index in [2.05, 4.69) is 14.9 Å². The summed E-state index contributed by atoms with van der Waals surface area (Å²) in [7, 11) is -1.71. The van der Waals surface area contributed by atoms with E-state index in [1.54, 1.807) is 23.2 Å². The van der Waals surface area contributed by atoms with Crippen LogP contribution in [0, 0.1) is 6.92 Å². The van der Waals surface area contributed by atoms with Crippen molar-refractivity contribution in [3.8, 4) is 0 Å². The molecule has 0 saturated heterocycles. The highest BCUT2D eigenvalue weighted by Gasteiger charge is 2.22. The van der Waals surface area contributed by atoms with Gasteiger partial charge < -0.3 is 10.3 Å². The monoisotopic (exact) mass is 315 g/mol. The molecule has 2 aromatic rings. The molecular weight excluding hydrogens is 298 g/mol. The van der Waals surface area contributed by atoms with Crippen molar-refractivity contribution in [3.63, 3.8) is 0 Å². The van der Waals surface area contributed by atoms with Crippen molar-refractivity contribution in [2.75, 3.05) is 6.54 Å². The van der Waals surface area contributed by atoms with Gasteiger partial charge in [-0.15, -0.1) is 21.5 Å². The van der Waals surface area contributed by atoms with Crippen LogP contribution >= 0.6 is 11.3 Å².